The fraction of sp³-hybridized carbons (Fsp3) is 0.370. The van der Waals surface area contributed by atoms with Crippen LogP contribution in [0.4, 0.5) is 0 Å². The molecule has 0 bridgehead atoms. The Hall–Kier alpha value is -3.65. The lowest BCUT2D eigenvalue weighted by Crippen LogP contribution is -2.41. The van der Waals surface area contributed by atoms with Crippen LogP contribution in [0.25, 0.3) is 11.3 Å². The molecular formula is C27H31N3O5. The molecule has 2 aromatic carbocycles. The van der Waals surface area contributed by atoms with Crippen LogP contribution in [0.15, 0.2) is 59.1 Å². The molecule has 1 aliphatic heterocycles. The molecule has 0 spiro atoms. The van der Waals surface area contributed by atoms with Gasteiger partial charge in [-0.1, -0.05) is 54.0 Å². The second kappa shape index (κ2) is 11.7. The van der Waals surface area contributed by atoms with Gasteiger partial charge in [-0.15, -0.1) is 0 Å². The molecule has 1 unspecified atom stereocenters. The number of methoxy groups -OCH3 is 1. The van der Waals surface area contributed by atoms with Gasteiger partial charge in [-0.3, -0.25) is 9.69 Å². The van der Waals surface area contributed by atoms with Crippen molar-refractivity contribution in [2.24, 2.45) is 0 Å². The Morgan fingerprint density at radius 3 is 2.46 bits per heavy atom. The van der Waals surface area contributed by atoms with Gasteiger partial charge in [0.2, 0.25) is 0 Å². The number of aromatic nitrogens is 1. The van der Waals surface area contributed by atoms with Crippen LogP contribution in [0.1, 0.15) is 47.0 Å². The molecule has 1 aromatic heterocycles. The number of carbonyl (C=O) groups is 2. The summed E-state index contributed by atoms with van der Waals surface area (Å²) in [6, 6.07) is 17.2. The van der Waals surface area contributed by atoms with Crippen molar-refractivity contribution >= 4 is 11.9 Å². The number of hydrogen-bond acceptors (Lipinski definition) is 7. The first kappa shape index (κ1) is 24.5. The van der Waals surface area contributed by atoms with Crippen molar-refractivity contribution < 1.29 is 23.6 Å². The number of nitrogens with one attached hydrogen (secondary N) is 1. The molecule has 0 saturated carbocycles. The summed E-state index contributed by atoms with van der Waals surface area (Å²) in [5, 5.41) is 6.94. The monoisotopic (exact) mass is 477 g/mol. The molecule has 3 aromatic rings. The van der Waals surface area contributed by atoms with Crippen LogP contribution in [0, 0.1) is 6.92 Å². The third-order valence-electron chi connectivity index (χ3n) is 6.27. The molecule has 1 saturated heterocycles. The summed E-state index contributed by atoms with van der Waals surface area (Å²) >= 11 is 0. The predicted molar refractivity (Wildman–Crippen MR) is 131 cm³/mol. The standard InChI is InChI=1S/C27H31N3O5/c1-19-25(26(29-35-19)21-9-5-3-6-10-21)27(32)34-18-24(31)28-17-23(30-15-7-4-8-16-30)20-11-13-22(33-2)14-12-20/h3,5-6,9-14,23H,4,7-8,15-18H2,1-2H3,(H,28,31). The van der Waals surface area contributed by atoms with Gasteiger partial charge in [0.15, 0.2) is 6.61 Å². The second-order valence-electron chi connectivity index (χ2n) is 8.59. The van der Waals surface area contributed by atoms with E-state index >= 15 is 0 Å². The minimum atomic E-state index is -0.638. The Morgan fingerprint density at radius 2 is 1.77 bits per heavy atom. The summed E-state index contributed by atoms with van der Waals surface area (Å²) in [4.78, 5) is 27.8. The molecule has 184 valence electrons. The molecule has 1 atom stereocenters. The first-order valence-electron chi connectivity index (χ1n) is 11.9. The van der Waals surface area contributed by atoms with Gasteiger partial charge in [-0.05, 0) is 50.6 Å². The summed E-state index contributed by atoms with van der Waals surface area (Å²) in [5.74, 6) is 0.143. The number of piperidine rings is 1. The van der Waals surface area contributed by atoms with Crippen molar-refractivity contribution in [3.05, 3.63) is 71.5 Å². The predicted octanol–water partition coefficient (Wildman–Crippen LogP) is 4.16. The maximum absolute atomic E-state index is 12.8. The topological polar surface area (TPSA) is 93.9 Å². The number of carbonyl (C=O) groups excluding carboxylic acids is 2. The third-order valence-corrected chi connectivity index (χ3v) is 6.27. The van der Waals surface area contributed by atoms with Crippen LogP contribution in [0.2, 0.25) is 0 Å². The average molecular weight is 478 g/mol. The zero-order chi connectivity index (χ0) is 24.6. The third kappa shape index (κ3) is 6.08. The van der Waals surface area contributed by atoms with Crippen LogP contribution >= 0.6 is 0 Å². The van der Waals surface area contributed by atoms with Crippen LogP contribution < -0.4 is 10.1 Å². The Kier molecular flexibility index (Phi) is 8.15. The number of likely N-dealkylation sites (tertiary alicyclic amines) is 1. The number of benzene rings is 2. The summed E-state index contributed by atoms with van der Waals surface area (Å²) in [7, 11) is 1.64. The van der Waals surface area contributed by atoms with Crippen molar-refractivity contribution in [1.82, 2.24) is 15.4 Å². The van der Waals surface area contributed by atoms with Crippen LogP contribution in [-0.4, -0.2) is 55.3 Å². The van der Waals surface area contributed by atoms with E-state index < -0.39 is 5.97 Å². The summed E-state index contributed by atoms with van der Waals surface area (Å²) in [5.41, 5.74) is 2.48. The van der Waals surface area contributed by atoms with Crippen molar-refractivity contribution in [3.63, 3.8) is 0 Å². The lowest BCUT2D eigenvalue weighted by atomic mass is 10.0. The quantitative estimate of drug-likeness (QED) is 0.463. The summed E-state index contributed by atoms with van der Waals surface area (Å²) in [6.07, 6.45) is 3.50. The molecule has 1 aliphatic rings. The zero-order valence-corrected chi connectivity index (χ0v) is 20.2. The van der Waals surface area contributed by atoms with Gasteiger partial charge >= 0.3 is 5.97 Å². The normalized spacial score (nSPS) is 14.8. The molecule has 0 radical (unpaired) electrons. The van der Waals surface area contributed by atoms with E-state index in [1.54, 1.807) is 14.0 Å². The molecule has 1 fully saturated rings. The molecule has 1 N–H and O–H groups in total. The smallest absolute Gasteiger partial charge is 0.344 e. The van der Waals surface area contributed by atoms with Crippen molar-refractivity contribution in [1.29, 1.82) is 0 Å². The Morgan fingerprint density at radius 1 is 1.06 bits per heavy atom. The number of nitrogens with zero attached hydrogens (tertiary/aromatic N) is 2. The molecule has 8 nitrogen and oxygen atoms in total. The van der Waals surface area contributed by atoms with E-state index in [9.17, 15) is 9.59 Å². The van der Waals surface area contributed by atoms with Gasteiger partial charge in [0.1, 0.15) is 22.8 Å². The number of amides is 1. The van der Waals surface area contributed by atoms with E-state index in [0.29, 0.717) is 18.0 Å². The number of ether oxygens (including phenoxy) is 2. The van der Waals surface area contributed by atoms with Gasteiger partial charge in [0, 0.05) is 12.1 Å². The van der Waals surface area contributed by atoms with Crippen molar-refractivity contribution in [2.45, 2.75) is 32.2 Å². The highest BCUT2D eigenvalue weighted by Gasteiger charge is 2.25. The number of hydrogen-bond donors (Lipinski definition) is 1. The Bertz CT molecular complexity index is 1120. The second-order valence-corrected chi connectivity index (χ2v) is 8.59. The van der Waals surface area contributed by atoms with Crippen LogP contribution in [0.5, 0.6) is 5.75 Å². The Labute approximate surface area is 205 Å². The largest absolute Gasteiger partial charge is 0.497 e. The number of esters is 1. The molecule has 35 heavy (non-hydrogen) atoms. The van der Waals surface area contributed by atoms with E-state index in [2.05, 4.69) is 15.4 Å². The van der Waals surface area contributed by atoms with E-state index in [0.717, 1.165) is 42.8 Å². The van der Waals surface area contributed by atoms with Gasteiger partial charge in [-0.25, -0.2) is 4.79 Å². The Balaban J connectivity index is 1.37. The first-order chi connectivity index (χ1) is 17.1. The van der Waals surface area contributed by atoms with E-state index in [1.807, 2.05) is 54.6 Å². The van der Waals surface area contributed by atoms with Crippen molar-refractivity contribution in [3.8, 4) is 17.0 Å². The minimum Gasteiger partial charge on any atom is -0.497 e. The minimum absolute atomic E-state index is 0.0332. The van der Waals surface area contributed by atoms with E-state index in [4.69, 9.17) is 14.0 Å². The average Bonchev–Trinajstić information content (AvgIpc) is 3.30. The highest BCUT2D eigenvalue weighted by molar-refractivity contribution is 5.98. The highest BCUT2D eigenvalue weighted by atomic mass is 16.5. The molecule has 2 heterocycles. The maximum Gasteiger partial charge on any atom is 0.344 e. The van der Waals surface area contributed by atoms with Crippen LogP contribution in [0.3, 0.4) is 0 Å². The SMILES string of the molecule is COc1ccc(C(CNC(=O)COC(=O)c2c(-c3ccccc3)noc2C)N2CCCCC2)cc1. The summed E-state index contributed by atoms with van der Waals surface area (Å²) in [6.45, 7) is 3.65. The van der Waals surface area contributed by atoms with Gasteiger partial charge in [0.05, 0.1) is 13.2 Å². The molecular weight excluding hydrogens is 446 g/mol. The molecule has 1 amide bonds. The van der Waals surface area contributed by atoms with Gasteiger partial charge in [-0.2, -0.15) is 0 Å². The number of aryl methyl sites for hydroxylation is 1. The van der Waals surface area contributed by atoms with Gasteiger partial charge < -0.3 is 19.3 Å². The maximum atomic E-state index is 12.8. The molecule has 0 aliphatic carbocycles. The zero-order valence-electron chi connectivity index (χ0n) is 20.2. The summed E-state index contributed by atoms with van der Waals surface area (Å²) < 4.78 is 15.8. The first-order valence-corrected chi connectivity index (χ1v) is 11.9. The fourth-order valence-electron chi connectivity index (χ4n) is 4.38. The van der Waals surface area contributed by atoms with Crippen LogP contribution in [-0.2, 0) is 9.53 Å². The fourth-order valence-corrected chi connectivity index (χ4v) is 4.38. The molecule has 8 heteroatoms. The molecule has 4 rings (SSSR count). The van der Waals surface area contributed by atoms with E-state index in [1.165, 1.54) is 6.42 Å². The lowest BCUT2D eigenvalue weighted by Gasteiger charge is -2.35. The van der Waals surface area contributed by atoms with E-state index in [-0.39, 0.29) is 24.1 Å². The number of rotatable bonds is 9. The highest BCUT2D eigenvalue weighted by Crippen LogP contribution is 2.27. The lowest BCUT2D eigenvalue weighted by molar-refractivity contribution is -0.124. The van der Waals surface area contributed by atoms with Crippen molar-refractivity contribution in [2.75, 3.05) is 33.4 Å². The van der Waals surface area contributed by atoms with Gasteiger partial charge in [0.25, 0.3) is 5.91 Å².